The number of fused-ring (bicyclic) bond motifs is 1. The number of benzene rings is 2. The molecule has 166 valence electrons. The van der Waals surface area contributed by atoms with E-state index in [0.717, 1.165) is 55.3 Å². The van der Waals surface area contributed by atoms with Crippen molar-refractivity contribution in [2.45, 2.75) is 38.8 Å². The van der Waals surface area contributed by atoms with Gasteiger partial charge in [0.2, 0.25) is 0 Å². The number of aromatic nitrogens is 3. The largest absolute Gasteiger partial charge is 0.336 e. The van der Waals surface area contributed by atoms with Gasteiger partial charge in [-0.1, -0.05) is 24.3 Å². The van der Waals surface area contributed by atoms with E-state index in [9.17, 15) is 9.18 Å². The van der Waals surface area contributed by atoms with Crippen LogP contribution in [0.4, 0.5) is 4.39 Å². The Morgan fingerprint density at radius 2 is 1.88 bits per heavy atom. The number of amides is 1. The van der Waals surface area contributed by atoms with E-state index < -0.39 is 0 Å². The minimum atomic E-state index is -0.204. The van der Waals surface area contributed by atoms with Crippen LogP contribution in [0, 0.1) is 12.7 Å². The molecule has 32 heavy (non-hydrogen) atoms. The summed E-state index contributed by atoms with van der Waals surface area (Å²) in [6.45, 7) is 6.52. The Bertz CT molecular complexity index is 1120. The van der Waals surface area contributed by atoms with Crippen LogP contribution >= 0.6 is 0 Å². The van der Waals surface area contributed by atoms with Crippen LogP contribution in [0.25, 0.3) is 0 Å². The van der Waals surface area contributed by atoms with Gasteiger partial charge in [0, 0.05) is 57.2 Å². The molecule has 0 aliphatic carbocycles. The van der Waals surface area contributed by atoms with E-state index in [1.165, 1.54) is 11.6 Å². The minimum absolute atomic E-state index is 0.0919. The normalized spacial score (nSPS) is 19.1. The molecule has 0 bridgehead atoms. The molecular formula is C25H28FN5O. The van der Waals surface area contributed by atoms with Gasteiger partial charge in [-0.25, -0.2) is 4.39 Å². The van der Waals surface area contributed by atoms with Crippen molar-refractivity contribution in [3.8, 4) is 0 Å². The summed E-state index contributed by atoms with van der Waals surface area (Å²) in [6.07, 6.45) is 1.94. The summed E-state index contributed by atoms with van der Waals surface area (Å²) in [5.74, 6) is 2.27. The lowest BCUT2D eigenvalue weighted by atomic mass is 9.90. The second-order valence-corrected chi connectivity index (χ2v) is 8.83. The lowest BCUT2D eigenvalue weighted by molar-refractivity contribution is 0.0628. The third-order valence-electron chi connectivity index (χ3n) is 6.69. The van der Waals surface area contributed by atoms with E-state index in [-0.39, 0.29) is 11.7 Å². The molecule has 6 nitrogen and oxygen atoms in total. The molecule has 1 amide bonds. The van der Waals surface area contributed by atoms with Gasteiger partial charge in [-0.15, -0.1) is 10.2 Å². The van der Waals surface area contributed by atoms with Gasteiger partial charge in [-0.05, 0) is 48.7 Å². The molecular weight excluding hydrogens is 405 g/mol. The highest BCUT2D eigenvalue weighted by Crippen LogP contribution is 2.29. The first-order valence-corrected chi connectivity index (χ1v) is 11.3. The minimum Gasteiger partial charge on any atom is -0.336 e. The third-order valence-corrected chi connectivity index (χ3v) is 6.69. The van der Waals surface area contributed by atoms with Crippen molar-refractivity contribution < 1.29 is 9.18 Å². The monoisotopic (exact) mass is 433 g/mol. The first-order valence-electron chi connectivity index (χ1n) is 11.3. The summed E-state index contributed by atoms with van der Waals surface area (Å²) >= 11 is 0. The zero-order valence-corrected chi connectivity index (χ0v) is 18.4. The highest BCUT2D eigenvalue weighted by atomic mass is 19.1. The zero-order valence-electron chi connectivity index (χ0n) is 18.4. The van der Waals surface area contributed by atoms with Crippen molar-refractivity contribution in [3.63, 3.8) is 0 Å². The van der Waals surface area contributed by atoms with E-state index in [1.807, 2.05) is 30.0 Å². The van der Waals surface area contributed by atoms with Crippen molar-refractivity contribution in [2.75, 3.05) is 26.2 Å². The Labute approximate surface area is 187 Å². The van der Waals surface area contributed by atoms with Crippen LogP contribution in [0.15, 0.2) is 48.5 Å². The standard InChI is InChI=1S/C25H28FN5O/c1-18-27-28-24-9-8-22(17-31(18)24)20-5-3-6-21(15-20)25(32)30-12-10-29(11-13-30)16-19-4-2-7-23(26)14-19/h2-7,14-15,22H,8-13,16-17H2,1H3/t22-/m1/s1. The summed E-state index contributed by atoms with van der Waals surface area (Å²) in [6, 6.07) is 14.9. The predicted molar refractivity (Wildman–Crippen MR) is 120 cm³/mol. The van der Waals surface area contributed by atoms with Gasteiger partial charge < -0.3 is 9.47 Å². The smallest absolute Gasteiger partial charge is 0.253 e. The molecule has 0 radical (unpaired) electrons. The fourth-order valence-corrected chi connectivity index (χ4v) is 4.85. The van der Waals surface area contributed by atoms with E-state index in [4.69, 9.17) is 0 Å². The lowest BCUT2D eigenvalue weighted by Gasteiger charge is -2.35. The molecule has 1 atom stereocenters. The van der Waals surface area contributed by atoms with E-state index >= 15 is 0 Å². The number of hydrogen-bond donors (Lipinski definition) is 0. The van der Waals surface area contributed by atoms with Crippen molar-refractivity contribution in [1.29, 1.82) is 0 Å². The fourth-order valence-electron chi connectivity index (χ4n) is 4.85. The van der Waals surface area contributed by atoms with Gasteiger partial charge in [0.15, 0.2) is 0 Å². The van der Waals surface area contributed by atoms with Gasteiger partial charge in [0.25, 0.3) is 5.91 Å². The average Bonchev–Trinajstić information content (AvgIpc) is 3.19. The molecule has 3 aromatic rings. The maximum absolute atomic E-state index is 13.4. The van der Waals surface area contributed by atoms with Gasteiger partial charge >= 0.3 is 0 Å². The second kappa shape index (κ2) is 8.82. The molecule has 0 unspecified atom stereocenters. The Balaban J connectivity index is 1.22. The summed E-state index contributed by atoms with van der Waals surface area (Å²) in [4.78, 5) is 17.4. The molecule has 1 fully saturated rings. The summed E-state index contributed by atoms with van der Waals surface area (Å²) < 4.78 is 15.6. The van der Waals surface area contributed by atoms with Crippen molar-refractivity contribution in [1.82, 2.24) is 24.6 Å². The molecule has 1 saturated heterocycles. The molecule has 1 aromatic heterocycles. The van der Waals surface area contributed by atoms with E-state index in [1.54, 1.807) is 12.1 Å². The molecule has 2 aliphatic rings. The molecule has 0 N–H and O–H groups in total. The number of aryl methyl sites for hydroxylation is 2. The Morgan fingerprint density at radius 1 is 1.06 bits per heavy atom. The van der Waals surface area contributed by atoms with Crippen LogP contribution in [-0.4, -0.2) is 56.7 Å². The van der Waals surface area contributed by atoms with Gasteiger partial charge in [0.1, 0.15) is 17.5 Å². The van der Waals surface area contributed by atoms with Gasteiger partial charge in [-0.2, -0.15) is 0 Å². The maximum Gasteiger partial charge on any atom is 0.253 e. The predicted octanol–water partition coefficient (Wildman–Crippen LogP) is 3.41. The molecule has 2 aliphatic heterocycles. The van der Waals surface area contributed by atoms with Crippen LogP contribution < -0.4 is 0 Å². The Kier molecular flexibility index (Phi) is 5.74. The number of carbonyl (C=O) groups is 1. The second-order valence-electron chi connectivity index (χ2n) is 8.83. The molecule has 2 aromatic carbocycles. The molecule has 5 rings (SSSR count). The third kappa shape index (κ3) is 4.30. The molecule has 7 heteroatoms. The number of halogens is 1. The highest BCUT2D eigenvalue weighted by Gasteiger charge is 2.25. The fraction of sp³-hybridized carbons (Fsp3) is 0.400. The summed E-state index contributed by atoms with van der Waals surface area (Å²) in [5.41, 5.74) is 2.93. The Morgan fingerprint density at radius 3 is 2.69 bits per heavy atom. The van der Waals surface area contributed by atoms with Crippen LogP contribution in [0.5, 0.6) is 0 Å². The van der Waals surface area contributed by atoms with E-state index in [0.29, 0.717) is 25.6 Å². The zero-order chi connectivity index (χ0) is 22.1. The quantitative estimate of drug-likeness (QED) is 0.633. The highest BCUT2D eigenvalue weighted by molar-refractivity contribution is 5.94. The van der Waals surface area contributed by atoms with Crippen LogP contribution in [-0.2, 0) is 19.5 Å². The number of carbonyl (C=O) groups excluding carboxylic acids is 1. The van der Waals surface area contributed by atoms with Gasteiger partial charge in [-0.3, -0.25) is 9.69 Å². The van der Waals surface area contributed by atoms with Crippen molar-refractivity contribution in [2.24, 2.45) is 0 Å². The topological polar surface area (TPSA) is 54.3 Å². The van der Waals surface area contributed by atoms with Crippen LogP contribution in [0.2, 0.25) is 0 Å². The van der Waals surface area contributed by atoms with Crippen LogP contribution in [0.1, 0.15) is 45.5 Å². The molecule has 3 heterocycles. The van der Waals surface area contributed by atoms with E-state index in [2.05, 4.69) is 31.8 Å². The molecule has 0 spiro atoms. The summed E-state index contributed by atoms with van der Waals surface area (Å²) in [7, 11) is 0. The van der Waals surface area contributed by atoms with Crippen molar-refractivity contribution >= 4 is 5.91 Å². The number of nitrogens with zero attached hydrogens (tertiary/aromatic N) is 5. The number of piperazine rings is 1. The van der Waals surface area contributed by atoms with Crippen molar-refractivity contribution in [3.05, 3.63) is 82.7 Å². The Hall–Kier alpha value is -3.06. The number of rotatable bonds is 4. The maximum atomic E-state index is 13.4. The lowest BCUT2D eigenvalue weighted by Crippen LogP contribution is -2.48. The SMILES string of the molecule is Cc1nnc2n1C[C@H](c1cccc(C(=O)N3CCN(Cc4cccc(F)c4)CC3)c1)CC2. The first-order chi connectivity index (χ1) is 15.6. The molecule has 0 saturated carbocycles. The van der Waals surface area contributed by atoms with Gasteiger partial charge in [0.05, 0.1) is 0 Å². The summed E-state index contributed by atoms with van der Waals surface area (Å²) in [5, 5.41) is 8.46. The average molecular weight is 434 g/mol. The number of hydrogen-bond acceptors (Lipinski definition) is 4. The first kappa shape index (κ1) is 20.8. The van der Waals surface area contributed by atoms with Crippen LogP contribution in [0.3, 0.4) is 0 Å².